The van der Waals surface area contributed by atoms with Gasteiger partial charge in [-0.3, -0.25) is 4.90 Å². The van der Waals surface area contributed by atoms with E-state index < -0.39 is 5.60 Å². The first-order valence-electron chi connectivity index (χ1n) is 6.68. The standard InChI is InChI=1S/C13H24N2O2/c1-13(2,3)17-12(16)14-9-11-5-4-8-15(11)10-6-7-10/h10-11H,4-9H2,1-3H3,(H,14,16)/t11-/m0/s1. The van der Waals surface area contributed by atoms with E-state index in [2.05, 4.69) is 10.2 Å². The van der Waals surface area contributed by atoms with Gasteiger partial charge in [0.1, 0.15) is 5.60 Å². The monoisotopic (exact) mass is 240 g/mol. The number of likely N-dealkylation sites (tertiary alicyclic amines) is 1. The van der Waals surface area contributed by atoms with Crippen LogP contribution in [-0.4, -0.2) is 41.8 Å². The molecule has 1 N–H and O–H groups in total. The van der Waals surface area contributed by atoms with Crippen LogP contribution in [0.25, 0.3) is 0 Å². The zero-order valence-electron chi connectivity index (χ0n) is 11.2. The molecule has 0 bridgehead atoms. The Kier molecular flexibility index (Phi) is 3.61. The second-order valence-corrected chi connectivity index (χ2v) is 6.15. The van der Waals surface area contributed by atoms with Crippen molar-refractivity contribution < 1.29 is 9.53 Å². The van der Waals surface area contributed by atoms with Gasteiger partial charge in [-0.05, 0) is 53.0 Å². The molecule has 0 unspecified atom stereocenters. The van der Waals surface area contributed by atoms with Crippen molar-refractivity contribution >= 4 is 6.09 Å². The summed E-state index contributed by atoms with van der Waals surface area (Å²) in [6.07, 6.45) is 4.84. The molecule has 0 aromatic carbocycles. The van der Waals surface area contributed by atoms with E-state index in [1.807, 2.05) is 20.8 Å². The number of carbonyl (C=O) groups is 1. The Hall–Kier alpha value is -0.770. The molecule has 1 saturated carbocycles. The van der Waals surface area contributed by atoms with Crippen LogP contribution in [0.3, 0.4) is 0 Å². The van der Waals surface area contributed by atoms with E-state index in [0.717, 1.165) is 12.6 Å². The summed E-state index contributed by atoms with van der Waals surface area (Å²) >= 11 is 0. The van der Waals surface area contributed by atoms with Gasteiger partial charge in [-0.25, -0.2) is 4.79 Å². The fourth-order valence-corrected chi connectivity index (χ4v) is 2.48. The third kappa shape index (κ3) is 3.87. The second kappa shape index (κ2) is 4.84. The largest absolute Gasteiger partial charge is 0.444 e. The van der Waals surface area contributed by atoms with Gasteiger partial charge in [0.2, 0.25) is 0 Å². The van der Waals surface area contributed by atoms with Crippen molar-refractivity contribution in [2.45, 2.75) is 64.1 Å². The predicted molar refractivity (Wildman–Crippen MR) is 67.0 cm³/mol. The average molecular weight is 240 g/mol. The number of amides is 1. The number of carbonyl (C=O) groups excluding carboxylic acids is 1. The van der Waals surface area contributed by atoms with Crippen molar-refractivity contribution in [3.8, 4) is 0 Å². The van der Waals surface area contributed by atoms with E-state index in [9.17, 15) is 4.79 Å². The fraction of sp³-hybridized carbons (Fsp3) is 0.923. The maximum absolute atomic E-state index is 11.6. The molecule has 4 nitrogen and oxygen atoms in total. The zero-order chi connectivity index (χ0) is 12.5. The summed E-state index contributed by atoms with van der Waals surface area (Å²) in [5, 5.41) is 2.89. The van der Waals surface area contributed by atoms with E-state index in [4.69, 9.17) is 4.74 Å². The Morgan fingerprint density at radius 1 is 1.35 bits per heavy atom. The van der Waals surface area contributed by atoms with Gasteiger partial charge < -0.3 is 10.1 Å². The lowest BCUT2D eigenvalue weighted by Gasteiger charge is -2.25. The molecule has 17 heavy (non-hydrogen) atoms. The Bertz CT molecular complexity index is 282. The van der Waals surface area contributed by atoms with Crippen molar-refractivity contribution in [3.05, 3.63) is 0 Å². The highest BCUT2D eigenvalue weighted by Crippen LogP contribution is 2.33. The van der Waals surface area contributed by atoms with Gasteiger partial charge in [-0.2, -0.15) is 0 Å². The zero-order valence-corrected chi connectivity index (χ0v) is 11.2. The quantitative estimate of drug-likeness (QED) is 0.821. The Morgan fingerprint density at radius 3 is 2.65 bits per heavy atom. The van der Waals surface area contributed by atoms with Gasteiger partial charge in [0.15, 0.2) is 0 Å². The first-order valence-corrected chi connectivity index (χ1v) is 6.68. The molecule has 1 heterocycles. The van der Waals surface area contributed by atoms with Crippen LogP contribution in [-0.2, 0) is 4.74 Å². The van der Waals surface area contributed by atoms with Gasteiger partial charge in [0.05, 0.1) is 0 Å². The number of rotatable bonds is 3. The highest BCUT2D eigenvalue weighted by molar-refractivity contribution is 5.67. The van der Waals surface area contributed by atoms with E-state index >= 15 is 0 Å². The molecule has 0 spiro atoms. The van der Waals surface area contributed by atoms with E-state index in [-0.39, 0.29) is 6.09 Å². The molecule has 0 aromatic heterocycles. The van der Waals surface area contributed by atoms with Crippen molar-refractivity contribution in [1.82, 2.24) is 10.2 Å². The van der Waals surface area contributed by atoms with Gasteiger partial charge in [-0.15, -0.1) is 0 Å². The summed E-state index contributed by atoms with van der Waals surface area (Å²) < 4.78 is 5.24. The van der Waals surface area contributed by atoms with Crippen LogP contribution in [0, 0.1) is 0 Å². The maximum atomic E-state index is 11.6. The van der Waals surface area contributed by atoms with Crippen LogP contribution in [0.5, 0.6) is 0 Å². The van der Waals surface area contributed by atoms with Crippen molar-refractivity contribution in [2.75, 3.05) is 13.1 Å². The van der Waals surface area contributed by atoms with Crippen molar-refractivity contribution in [3.63, 3.8) is 0 Å². The Balaban J connectivity index is 1.72. The number of alkyl carbamates (subject to hydrolysis) is 1. The summed E-state index contributed by atoms with van der Waals surface area (Å²) in [5.74, 6) is 0. The summed E-state index contributed by atoms with van der Waals surface area (Å²) in [6, 6.07) is 1.32. The van der Waals surface area contributed by atoms with Crippen molar-refractivity contribution in [2.24, 2.45) is 0 Å². The van der Waals surface area contributed by atoms with Crippen LogP contribution in [0.2, 0.25) is 0 Å². The van der Waals surface area contributed by atoms with Crippen LogP contribution in [0.4, 0.5) is 4.79 Å². The third-order valence-corrected chi connectivity index (χ3v) is 3.32. The Labute approximate surface area is 104 Å². The van der Waals surface area contributed by atoms with Gasteiger partial charge in [0.25, 0.3) is 0 Å². The summed E-state index contributed by atoms with van der Waals surface area (Å²) in [7, 11) is 0. The molecule has 1 atom stereocenters. The van der Waals surface area contributed by atoms with Crippen LogP contribution in [0.1, 0.15) is 46.5 Å². The highest BCUT2D eigenvalue weighted by atomic mass is 16.6. The topological polar surface area (TPSA) is 41.6 Å². The van der Waals surface area contributed by atoms with Gasteiger partial charge in [0, 0.05) is 18.6 Å². The molecule has 1 aliphatic carbocycles. The molecule has 0 radical (unpaired) electrons. The molecule has 98 valence electrons. The third-order valence-electron chi connectivity index (χ3n) is 3.32. The predicted octanol–water partition coefficient (Wildman–Crippen LogP) is 2.14. The first kappa shape index (κ1) is 12.7. The van der Waals surface area contributed by atoms with E-state index in [1.165, 1.54) is 32.2 Å². The van der Waals surface area contributed by atoms with Gasteiger partial charge in [-0.1, -0.05) is 0 Å². The number of hydrogen-bond donors (Lipinski definition) is 1. The average Bonchev–Trinajstić information content (AvgIpc) is 2.92. The first-order chi connectivity index (χ1) is 7.96. The lowest BCUT2D eigenvalue weighted by Crippen LogP contribution is -2.42. The summed E-state index contributed by atoms with van der Waals surface area (Å²) in [4.78, 5) is 14.1. The number of ether oxygens (including phenoxy) is 1. The minimum absolute atomic E-state index is 0.292. The number of nitrogens with zero attached hydrogens (tertiary/aromatic N) is 1. The summed E-state index contributed by atoms with van der Waals surface area (Å²) in [6.45, 7) is 7.59. The van der Waals surface area contributed by atoms with Crippen molar-refractivity contribution in [1.29, 1.82) is 0 Å². The van der Waals surface area contributed by atoms with Crippen LogP contribution < -0.4 is 5.32 Å². The molecule has 0 aromatic rings. The van der Waals surface area contributed by atoms with E-state index in [0.29, 0.717) is 6.04 Å². The number of hydrogen-bond acceptors (Lipinski definition) is 3. The molecule has 2 rings (SSSR count). The SMILES string of the molecule is CC(C)(C)OC(=O)NC[C@@H]1CCCN1C1CC1. The Morgan fingerprint density at radius 2 is 2.06 bits per heavy atom. The molecule has 2 fully saturated rings. The molecule has 2 aliphatic rings. The second-order valence-electron chi connectivity index (χ2n) is 6.15. The van der Waals surface area contributed by atoms with E-state index in [1.54, 1.807) is 0 Å². The lowest BCUT2D eigenvalue weighted by atomic mass is 10.2. The molecular weight excluding hydrogens is 216 g/mol. The highest BCUT2D eigenvalue weighted by Gasteiger charge is 2.36. The maximum Gasteiger partial charge on any atom is 0.407 e. The minimum Gasteiger partial charge on any atom is -0.444 e. The molecule has 1 aliphatic heterocycles. The van der Waals surface area contributed by atoms with Crippen LogP contribution in [0.15, 0.2) is 0 Å². The molecule has 1 saturated heterocycles. The molecular formula is C13H24N2O2. The molecule has 1 amide bonds. The molecule has 4 heteroatoms. The lowest BCUT2D eigenvalue weighted by molar-refractivity contribution is 0.0512. The normalized spacial score (nSPS) is 25.9. The smallest absolute Gasteiger partial charge is 0.407 e. The fourth-order valence-electron chi connectivity index (χ4n) is 2.48. The number of nitrogens with one attached hydrogen (secondary N) is 1. The summed E-state index contributed by atoms with van der Waals surface area (Å²) in [5.41, 5.74) is -0.407. The van der Waals surface area contributed by atoms with Crippen LogP contribution >= 0.6 is 0 Å². The van der Waals surface area contributed by atoms with Gasteiger partial charge >= 0.3 is 6.09 Å². The minimum atomic E-state index is -0.407.